The number of ketones is 1. The van der Waals surface area contributed by atoms with Crippen LogP contribution in [0.1, 0.15) is 28.4 Å². The van der Waals surface area contributed by atoms with Gasteiger partial charge in [-0.05, 0) is 36.6 Å². The summed E-state index contributed by atoms with van der Waals surface area (Å²) >= 11 is 1.29. The van der Waals surface area contributed by atoms with Crippen LogP contribution < -0.4 is 0 Å². The second-order valence-electron chi connectivity index (χ2n) is 6.40. The number of hydrogen-bond acceptors (Lipinski definition) is 5. The summed E-state index contributed by atoms with van der Waals surface area (Å²) in [5.74, 6) is -0.431. The van der Waals surface area contributed by atoms with E-state index in [1.165, 1.54) is 24.2 Å². The fourth-order valence-electron chi connectivity index (χ4n) is 2.95. The summed E-state index contributed by atoms with van der Waals surface area (Å²) in [6.07, 6.45) is 0.806. The van der Waals surface area contributed by atoms with Crippen LogP contribution in [0.25, 0.3) is 0 Å². The van der Waals surface area contributed by atoms with Crippen LogP contribution in [0.3, 0.4) is 0 Å². The average Bonchev–Trinajstić information content (AvgIpc) is 2.70. The Morgan fingerprint density at radius 2 is 1.74 bits per heavy atom. The minimum Gasteiger partial charge on any atom is -0.452 e. The van der Waals surface area contributed by atoms with Crippen molar-refractivity contribution in [3.63, 3.8) is 0 Å². The maximum atomic E-state index is 12.4. The number of nitrogens with zero attached hydrogens (tertiary/aromatic N) is 1. The lowest BCUT2D eigenvalue weighted by atomic mass is 10.00. The van der Waals surface area contributed by atoms with Crippen molar-refractivity contribution < 1.29 is 19.1 Å². The molecular weight excluding hydrogens is 362 g/mol. The quantitative estimate of drug-likeness (QED) is 0.567. The number of fused-ring (bicyclic) bond motifs is 1. The molecule has 0 aromatic heterocycles. The molecule has 0 radical (unpaired) electrons. The predicted octanol–water partition coefficient (Wildman–Crippen LogP) is 3.11. The summed E-state index contributed by atoms with van der Waals surface area (Å²) in [6.45, 7) is 2.38. The van der Waals surface area contributed by atoms with Gasteiger partial charge in [0.05, 0.1) is 11.3 Å². The van der Waals surface area contributed by atoms with Gasteiger partial charge in [-0.3, -0.25) is 9.59 Å². The minimum atomic E-state index is -0.549. The van der Waals surface area contributed by atoms with Crippen molar-refractivity contribution in [1.29, 1.82) is 0 Å². The van der Waals surface area contributed by atoms with Crippen LogP contribution in [0.4, 0.5) is 0 Å². The minimum absolute atomic E-state index is 0.0312. The third kappa shape index (κ3) is 4.98. The zero-order valence-electron chi connectivity index (χ0n) is 15.1. The average molecular weight is 383 g/mol. The van der Waals surface area contributed by atoms with E-state index in [4.69, 9.17) is 4.74 Å². The molecule has 1 aliphatic rings. The summed E-state index contributed by atoms with van der Waals surface area (Å²) in [6, 6.07) is 15.0. The van der Waals surface area contributed by atoms with E-state index in [-0.39, 0.29) is 24.1 Å². The molecule has 0 N–H and O–H groups in total. The summed E-state index contributed by atoms with van der Waals surface area (Å²) in [5, 5.41) is 0. The molecule has 5 nitrogen and oxygen atoms in total. The van der Waals surface area contributed by atoms with Crippen molar-refractivity contribution in [3.05, 3.63) is 65.2 Å². The molecule has 2 aromatic carbocycles. The molecule has 0 saturated carbocycles. The molecule has 0 unspecified atom stereocenters. The number of hydrogen-bond donors (Lipinski definition) is 0. The highest BCUT2D eigenvalue weighted by atomic mass is 32.2. The maximum Gasteiger partial charge on any atom is 0.339 e. The molecule has 2 aromatic rings. The molecule has 27 heavy (non-hydrogen) atoms. The fraction of sp³-hybridized carbons (Fsp3) is 0.286. The summed E-state index contributed by atoms with van der Waals surface area (Å²) in [4.78, 5) is 38.4. The molecule has 6 heteroatoms. The van der Waals surface area contributed by atoms with Gasteiger partial charge in [0.2, 0.25) is 0 Å². The second-order valence-corrected chi connectivity index (χ2v) is 7.41. The van der Waals surface area contributed by atoms with Gasteiger partial charge in [-0.15, -0.1) is 11.8 Å². The zero-order chi connectivity index (χ0) is 19.2. The maximum absolute atomic E-state index is 12.4. The number of ether oxygens (including phenoxy) is 1. The first-order valence-corrected chi connectivity index (χ1v) is 9.76. The molecule has 0 bridgehead atoms. The van der Waals surface area contributed by atoms with Gasteiger partial charge < -0.3 is 9.64 Å². The van der Waals surface area contributed by atoms with Gasteiger partial charge in [0.25, 0.3) is 5.91 Å². The lowest BCUT2D eigenvalue weighted by molar-refractivity contribution is -0.135. The normalized spacial score (nSPS) is 13.0. The third-order valence-corrected chi connectivity index (χ3v) is 5.57. The van der Waals surface area contributed by atoms with Gasteiger partial charge in [0, 0.05) is 18.0 Å². The van der Waals surface area contributed by atoms with Crippen LogP contribution in [-0.4, -0.2) is 41.5 Å². The first kappa shape index (κ1) is 19.2. The molecule has 1 amide bonds. The Hall–Kier alpha value is -2.60. The lowest BCUT2D eigenvalue weighted by Gasteiger charge is -2.28. The van der Waals surface area contributed by atoms with E-state index in [1.54, 1.807) is 29.2 Å². The first-order valence-electron chi connectivity index (χ1n) is 8.77. The Morgan fingerprint density at radius 1 is 1.04 bits per heavy atom. The largest absolute Gasteiger partial charge is 0.452 e. The van der Waals surface area contributed by atoms with Crippen LogP contribution >= 0.6 is 11.8 Å². The van der Waals surface area contributed by atoms with Crippen molar-refractivity contribution in [2.45, 2.75) is 24.8 Å². The Bertz CT molecular complexity index is 865. The van der Waals surface area contributed by atoms with Crippen molar-refractivity contribution in [1.82, 2.24) is 4.90 Å². The van der Waals surface area contributed by atoms with Crippen molar-refractivity contribution in [2.24, 2.45) is 0 Å². The van der Waals surface area contributed by atoms with Gasteiger partial charge in [-0.2, -0.15) is 0 Å². The second kappa shape index (κ2) is 8.86. The SMILES string of the molecule is CC(=O)CSc1ccccc1C(=O)OCC(=O)N1CCc2ccccc2C1. The van der Waals surface area contributed by atoms with Crippen molar-refractivity contribution in [2.75, 3.05) is 18.9 Å². The Labute approximate surface area is 162 Å². The number of carbonyl (C=O) groups is 3. The zero-order valence-corrected chi connectivity index (χ0v) is 16.0. The molecule has 1 aliphatic heterocycles. The molecule has 0 spiro atoms. The molecule has 0 fully saturated rings. The van der Waals surface area contributed by atoms with E-state index < -0.39 is 5.97 Å². The van der Waals surface area contributed by atoms with E-state index in [2.05, 4.69) is 6.07 Å². The van der Waals surface area contributed by atoms with E-state index in [9.17, 15) is 14.4 Å². The first-order chi connectivity index (χ1) is 13.0. The van der Waals surface area contributed by atoms with Crippen molar-refractivity contribution >= 4 is 29.4 Å². The van der Waals surface area contributed by atoms with Crippen LogP contribution in [0, 0.1) is 0 Å². The Kier molecular flexibility index (Phi) is 6.29. The van der Waals surface area contributed by atoms with E-state index >= 15 is 0 Å². The van der Waals surface area contributed by atoms with Crippen LogP contribution in [0.15, 0.2) is 53.4 Å². The number of esters is 1. The standard InChI is InChI=1S/C21H21NO4S/c1-15(23)14-27-19-9-5-4-8-18(19)21(25)26-13-20(24)22-11-10-16-6-2-3-7-17(16)12-22/h2-9H,10-14H2,1H3. The monoisotopic (exact) mass is 383 g/mol. The highest BCUT2D eigenvalue weighted by Gasteiger charge is 2.22. The van der Waals surface area contributed by atoms with Gasteiger partial charge in [-0.25, -0.2) is 4.79 Å². The number of Topliss-reactive ketones (excluding diaryl/α,β-unsaturated/α-hetero) is 1. The van der Waals surface area contributed by atoms with Crippen LogP contribution in [0.2, 0.25) is 0 Å². The number of amides is 1. The molecule has 3 rings (SSSR count). The fourth-order valence-corrected chi connectivity index (χ4v) is 3.79. The summed E-state index contributed by atoms with van der Waals surface area (Å²) in [5.41, 5.74) is 2.77. The summed E-state index contributed by atoms with van der Waals surface area (Å²) < 4.78 is 5.25. The predicted molar refractivity (Wildman–Crippen MR) is 104 cm³/mol. The van der Waals surface area contributed by atoms with Gasteiger partial charge in [-0.1, -0.05) is 36.4 Å². The Balaban J connectivity index is 1.58. The molecular formula is C21H21NO4S. The van der Waals surface area contributed by atoms with Crippen LogP contribution in [0.5, 0.6) is 0 Å². The van der Waals surface area contributed by atoms with Gasteiger partial charge in [0.15, 0.2) is 6.61 Å². The smallest absolute Gasteiger partial charge is 0.339 e. The number of carbonyl (C=O) groups excluding carboxylic acids is 3. The molecule has 140 valence electrons. The van der Waals surface area contributed by atoms with Gasteiger partial charge in [0.1, 0.15) is 5.78 Å². The molecule has 0 atom stereocenters. The molecule has 0 aliphatic carbocycles. The molecule has 1 heterocycles. The number of rotatable bonds is 6. The van der Waals surface area contributed by atoms with Crippen molar-refractivity contribution in [3.8, 4) is 0 Å². The van der Waals surface area contributed by atoms with E-state index in [0.717, 1.165) is 12.0 Å². The highest BCUT2D eigenvalue weighted by Crippen LogP contribution is 2.23. The lowest BCUT2D eigenvalue weighted by Crippen LogP contribution is -2.38. The van der Waals surface area contributed by atoms with E-state index in [0.29, 0.717) is 23.5 Å². The third-order valence-electron chi connectivity index (χ3n) is 4.35. The topological polar surface area (TPSA) is 63.7 Å². The Morgan fingerprint density at radius 3 is 2.52 bits per heavy atom. The number of thioether (sulfide) groups is 1. The van der Waals surface area contributed by atoms with Gasteiger partial charge >= 0.3 is 5.97 Å². The number of benzene rings is 2. The molecule has 0 saturated heterocycles. The van der Waals surface area contributed by atoms with Crippen LogP contribution in [-0.2, 0) is 27.3 Å². The van der Waals surface area contributed by atoms with E-state index in [1.807, 2.05) is 18.2 Å². The summed E-state index contributed by atoms with van der Waals surface area (Å²) in [7, 11) is 0. The highest BCUT2D eigenvalue weighted by molar-refractivity contribution is 8.00.